The van der Waals surface area contributed by atoms with Gasteiger partial charge in [0.2, 0.25) is 5.91 Å². The number of rotatable bonds is 7. The zero-order valence-electron chi connectivity index (χ0n) is 21.4. The van der Waals surface area contributed by atoms with Crippen molar-refractivity contribution < 1.29 is 22.8 Å². The lowest BCUT2D eigenvalue weighted by atomic mass is 10.1. The third kappa shape index (κ3) is 5.39. The molecule has 0 bridgehead atoms. The van der Waals surface area contributed by atoms with Crippen LogP contribution in [0, 0.1) is 6.92 Å². The monoisotopic (exact) mass is 548 g/mol. The minimum atomic E-state index is -4.62. The van der Waals surface area contributed by atoms with Crippen LogP contribution in [0.2, 0.25) is 0 Å². The first-order valence-corrected chi connectivity index (χ1v) is 12.1. The van der Waals surface area contributed by atoms with Crippen molar-refractivity contribution in [1.29, 1.82) is 0 Å². The number of alkyl halides is 3. The van der Waals surface area contributed by atoms with Gasteiger partial charge in [0.25, 0.3) is 5.91 Å². The quantitative estimate of drug-likeness (QED) is 0.275. The highest BCUT2D eigenvalue weighted by Gasteiger charge is 2.34. The Bertz CT molecular complexity index is 1610. The van der Waals surface area contributed by atoms with E-state index in [-0.39, 0.29) is 29.3 Å². The summed E-state index contributed by atoms with van der Waals surface area (Å²) in [6, 6.07) is 9.48. The second-order valence-electron chi connectivity index (χ2n) is 8.96. The van der Waals surface area contributed by atoms with Crippen LogP contribution in [0.5, 0.6) is 0 Å². The summed E-state index contributed by atoms with van der Waals surface area (Å²) in [5.41, 5.74) is 1.82. The van der Waals surface area contributed by atoms with Crippen molar-refractivity contribution in [3.05, 3.63) is 78.0 Å². The van der Waals surface area contributed by atoms with Gasteiger partial charge < -0.3 is 20.9 Å². The number of nitrogens with one attached hydrogen (secondary N) is 3. The van der Waals surface area contributed by atoms with E-state index >= 15 is 0 Å². The molecule has 2 aromatic carbocycles. The van der Waals surface area contributed by atoms with Crippen molar-refractivity contribution in [3.63, 3.8) is 0 Å². The normalized spacial score (nSPS) is 13.0. The molecule has 0 atom stereocenters. The van der Waals surface area contributed by atoms with Crippen LogP contribution in [0.25, 0.3) is 11.3 Å². The lowest BCUT2D eigenvalue weighted by Crippen LogP contribution is -2.43. The highest BCUT2D eigenvalue weighted by atomic mass is 19.4. The number of benzene rings is 2. The molecule has 1 aliphatic heterocycles. The van der Waals surface area contributed by atoms with E-state index < -0.39 is 17.6 Å². The minimum Gasteiger partial charge on any atom is -0.373 e. The van der Waals surface area contributed by atoms with Gasteiger partial charge in [0, 0.05) is 43.5 Å². The van der Waals surface area contributed by atoms with Crippen molar-refractivity contribution in [2.45, 2.75) is 19.5 Å². The summed E-state index contributed by atoms with van der Waals surface area (Å²) in [5, 5.41) is 8.71. The maximum absolute atomic E-state index is 13.4. The van der Waals surface area contributed by atoms with Crippen LogP contribution < -0.4 is 20.9 Å². The molecule has 2 aromatic heterocycles. The first kappa shape index (κ1) is 26.5. The van der Waals surface area contributed by atoms with Gasteiger partial charge in [0.05, 0.1) is 28.2 Å². The first-order chi connectivity index (χ1) is 19.1. The molecule has 3 N–H and O–H groups in total. The number of carbonyl (C=O) groups is 2. The minimum absolute atomic E-state index is 0.106. The van der Waals surface area contributed by atoms with E-state index in [0.29, 0.717) is 35.1 Å². The maximum Gasteiger partial charge on any atom is 0.416 e. The number of hydrogen-bond donors (Lipinski definition) is 3. The Balaban J connectivity index is 1.44. The molecule has 2 amide bonds. The molecule has 0 spiro atoms. The number of aryl methyl sites for hydroxylation is 1. The molecule has 10 nitrogen and oxygen atoms in total. The van der Waals surface area contributed by atoms with Crippen molar-refractivity contribution >= 4 is 40.5 Å². The lowest BCUT2D eigenvalue weighted by Gasteiger charge is -2.32. The molecule has 204 valence electrons. The molecule has 1 fully saturated rings. The summed E-state index contributed by atoms with van der Waals surface area (Å²) in [5.74, 6) is 0.147. The van der Waals surface area contributed by atoms with Gasteiger partial charge in [-0.3, -0.25) is 9.59 Å². The van der Waals surface area contributed by atoms with Gasteiger partial charge in [-0.2, -0.15) is 13.2 Å². The first-order valence-electron chi connectivity index (χ1n) is 12.1. The molecule has 0 saturated carbocycles. The Morgan fingerprint density at radius 1 is 1.00 bits per heavy atom. The fourth-order valence-corrected chi connectivity index (χ4v) is 4.10. The Morgan fingerprint density at radius 3 is 2.52 bits per heavy atom. The molecule has 0 radical (unpaired) electrons. The SMILES string of the molecule is CNc1cc(-c2cncnc2Nc2cc(C(=O)Nc3cc(C(F)(F)F)ccc3N3CCC3=O)ccc2C)ncn1. The third-order valence-electron chi connectivity index (χ3n) is 6.38. The van der Waals surface area contributed by atoms with Gasteiger partial charge in [0.1, 0.15) is 24.3 Å². The number of aromatic nitrogens is 4. The van der Waals surface area contributed by atoms with Crippen LogP contribution in [0.1, 0.15) is 27.9 Å². The Labute approximate surface area is 226 Å². The van der Waals surface area contributed by atoms with Gasteiger partial charge >= 0.3 is 6.18 Å². The average molecular weight is 549 g/mol. The summed E-state index contributed by atoms with van der Waals surface area (Å²) in [6.07, 6.45) is 0.0336. The molecule has 40 heavy (non-hydrogen) atoms. The third-order valence-corrected chi connectivity index (χ3v) is 6.38. The van der Waals surface area contributed by atoms with E-state index in [4.69, 9.17) is 0 Å². The predicted molar refractivity (Wildman–Crippen MR) is 143 cm³/mol. The summed E-state index contributed by atoms with van der Waals surface area (Å²) in [6.45, 7) is 2.18. The number of hydrogen-bond acceptors (Lipinski definition) is 8. The van der Waals surface area contributed by atoms with Gasteiger partial charge in [-0.25, -0.2) is 19.9 Å². The number of anilines is 5. The number of β-lactam (4-membered cyclic amide) rings is 1. The van der Waals surface area contributed by atoms with Crippen molar-refractivity contribution in [2.75, 3.05) is 34.4 Å². The molecular formula is C27H23F3N8O2. The van der Waals surface area contributed by atoms with E-state index in [2.05, 4.69) is 35.9 Å². The highest BCUT2D eigenvalue weighted by Crippen LogP contribution is 2.37. The van der Waals surface area contributed by atoms with Gasteiger partial charge in [-0.15, -0.1) is 0 Å². The maximum atomic E-state index is 13.4. The number of carbonyl (C=O) groups excluding carboxylic acids is 2. The smallest absolute Gasteiger partial charge is 0.373 e. The van der Waals surface area contributed by atoms with Crippen LogP contribution in [-0.4, -0.2) is 45.3 Å². The number of nitrogens with zero attached hydrogens (tertiary/aromatic N) is 5. The molecule has 3 heterocycles. The average Bonchev–Trinajstić information content (AvgIpc) is 2.94. The van der Waals surface area contributed by atoms with E-state index in [9.17, 15) is 22.8 Å². The Hall–Kier alpha value is -5.07. The molecule has 1 aliphatic rings. The second-order valence-corrected chi connectivity index (χ2v) is 8.96. The van der Waals surface area contributed by atoms with Crippen molar-refractivity contribution in [3.8, 4) is 11.3 Å². The zero-order valence-corrected chi connectivity index (χ0v) is 21.4. The largest absolute Gasteiger partial charge is 0.416 e. The molecule has 0 unspecified atom stereocenters. The van der Waals surface area contributed by atoms with Crippen LogP contribution in [0.3, 0.4) is 0 Å². The van der Waals surface area contributed by atoms with Crippen LogP contribution >= 0.6 is 0 Å². The summed E-state index contributed by atoms with van der Waals surface area (Å²) < 4.78 is 40.2. The Morgan fingerprint density at radius 2 is 1.82 bits per heavy atom. The number of halogens is 3. The topological polar surface area (TPSA) is 125 Å². The fraction of sp³-hybridized carbons (Fsp3) is 0.185. The van der Waals surface area contributed by atoms with Crippen LogP contribution in [0.4, 0.5) is 41.9 Å². The fourth-order valence-electron chi connectivity index (χ4n) is 4.10. The molecule has 4 aromatic rings. The predicted octanol–water partition coefficient (Wildman–Crippen LogP) is 5.04. The van der Waals surface area contributed by atoms with E-state index in [1.165, 1.54) is 23.6 Å². The molecule has 13 heteroatoms. The van der Waals surface area contributed by atoms with Crippen molar-refractivity contribution in [1.82, 2.24) is 19.9 Å². The van der Waals surface area contributed by atoms with Crippen LogP contribution in [-0.2, 0) is 11.0 Å². The lowest BCUT2D eigenvalue weighted by molar-refractivity contribution is -0.137. The van der Waals surface area contributed by atoms with Gasteiger partial charge in [0.15, 0.2) is 0 Å². The van der Waals surface area contributed by atoms with Crippen molar-refractivity contribution in [2.24, 2.45) is 0 Å². The second kappa shape index (κ2) is 10.6. The highest BCUT2D eigenvalue weighted by molar-refractivity contribution is 6.09. The Kier molecular flexibility index (Phi) is 7.03. The summed E-state index contributed by atoms with van der Waals surface area (Å²) in [4.78, 5) is 43.4. The van der Waals surface area contributed by atoms with Gasteiger partial charge in [-0.05, 0) is 42.8 Å². The molecule has 1 saturated heterocycles. The standard InChI is InChI=1S/C27H23F3N8O2/c1-15-3-4-16(9-19(15)36-25-18(12-32-13-35-25)20-11-23(31-2)34-14-33-20)26(40)37-21-10-17(27(28,29)30)5-6-22(21)38-8-7-24(38)39/h3-6,9-14H,7-8H2,1-2H3,(H,37,40)(H,31,33,34)(H,32,35,36). The molecule has 5 rings (SSSR count). The summed E-state index contributed by atoms with van der Waals surface area (Å²) in [7, 11) is 1.73. The molecular weight excluding hydrogens is 525 g/mol. The zero-order chi connectivity index (χ0) is 28.4. The molecule has 0 aliphatic carbocycles. The van der Waals surface area contributed by atoms with Gasteiger partial charge in [-0.1, -0.05) is 6.07 Å². The van der Waals surface area contributed by atoms with E-state index in [0.717, 1.165) is 17.7 Å². The van der Waals surface area contributed by atoms with E-state index in [1.807, 2.05) is 6.92 Å². The van der Waals surface area contributed by atoms with E-state index in [1.54, 1.807) is 37.5 Å². The summed E-state index contributed by atoms with van der Waals surface area (Å²) >= 11 is 0. The number of amides is 2. The van der Waals surface area contributed by atoms with Crippen LogP contribution in [0.15, 0.2) is 61.3 Å².